The molecule has 0 unspecified atom stereocenters. The largest absolute Gasteiger partial charge is 0.444 e. The van der Waals surface area contributed by atoms with Gasteiger partial charge in [0.05, 0.1) is 0 Å². The minimum atomic E-state index is -0.448. The Labute approximate surface area is 97.6 Å². The van der Waals surface area contributed by atoms with Crippen LogP contribution in [0.15, 0.2) is 0 Å². The van der Waals surface area contributed by atoms with E-state index in [9.17, 15) is 9.90 Å². The molecule has 0 spiro atoms. The molecule has 94 valence electrons. The van der Waals surface area contributed by atoms with Crippen molar-refractivity contribution in [2.45, 2.75) is 39.7 Å². The summed E-state index contributed by atoms with van der Waals surface area (Å²) in [7, 11) is 0. The molecule has 0 aliphatic carbocycles. The molecule has 0 radical (unpaired) electrons. The predicted molar refractivity (Wildman–Crippen MR) is 62.2 cm³/mol. The summed E-state index contributed by atoms with van der Waals surface area (Å²) in [4.78, 5) is 13.5. The van der Waals surface area contributed by atoms with E-state index in [1.165, 1.54) is 0 Å². The quantitative estimate of drug-likeness (QED) is 0.786. The molecule has 1 aliphatic rings. The average molecular weight is 229 g/mol. The van der Waals surface area contributed by atoms with Crippen LogP contribution in [-0.4, -0.2) is 41.4 Å². The molecular weight excluding hydrogens is 206 g/mol. The molecule has 16 heavy (non-hydrogen) atoms. The highest BCUT2D eigenvalue weighted by Crippen LogP contribution is 2.26. The van der Waals surface area contributed by atoms with E-state index in [1.807, 2.05) is 20.8 Å². The van der Waals surface area contributed by atoms with Crippen molar-refractivity contribution < 1.29 is 14.6 Å². The van der Waals surface area contributed by atoms with Gasteiger partial charge in [-0.3, -0.25) is 0 Å². The number of hydrogen-bond acceptors (Lipinski definition) is 3. The van der Waals surface area contributed by atoms with E-state index in [0.29, 0.717) is 19.0 Å². The van der Waals surface area contributed by atoms with Crippen molar-refractivity contribution in [1.82, 2.24) is 4.90 Å². The summed E-state index contributed by atoms with van der Waals surface area (Å²) in [6.45, 7) is 9.15. The molecule has 1 amide bonds. The van der Waals surface area contributed by atoms with Crippen LogP contribution in [0, 0.1) is 11.8 Å². The topological polar surface area (TPSA) is 49.8 Å². The summed E-state index contributed by atoms with van der Waals surface area (Å²) in [5, 5.41) is 9.22. The van der Waals surface area contributed by atoms with Crippen molar-refractivity contribution in [1.29, 1.82) is 0 Å². The first-order valence-corrected chi connectivity index (χ1v) is 5.96. The maximum absolute atomic E-state index is 11.8. The van der Waals surface area contributed by atoms with Gasteiger partial charge < -0.3 is 14.7 Å². The highest BCUT2D eigenvalue weighted by Gasteiger charge is 2.35. The predicted octanol–water partition coefficient (Wildman–Crippen LogP) is 1.87. The highest BCUT2D eigenvalue weighted by molar-refractivity contribution is 5.68. The van der Waals surface area contributed by atoms with Gasteiger partial charge in [-0.15, -0.1) is 0 Å². The molecule has 0 aromatic rings. The third kappa shape index (κ3) is 3.37. The smallest absolute Gasteiger partial charge is 0.410 e. The van der Waals surface area contributed by atoms with Crippen LogP contribution in [0.2, 0.25) is 0 Å². The van der Waals surface area contributed by atoms with Crippen LogP contribution in [-0.2, 0) is 4.74 Å². The van der Waals surface area contributed by atoms with Gasteiger partial charge in [0, 0.05) is 25.6 Å². The van der Waals surface area contributed by atoms with Crippen LogP contribution in [0.5, 0.6) is 0 Å². The van der Waals surface area contributed by atoms with Crippen molar-refractivity contribution in [3.63, 3.8) is 0 Å². The minimum Gasteiger partial charge on any atom is -0.444 e. The summed E-state index contributed by atoms with van der Waals surface area (Å²) in [6, 6.07) is 0. The van der Waals surface area contributed by atoms with Gasteiger partial charge in [-0.05, 0) is 26.7 Å². The van der Waals surface area contributed by atoms with Crippen molar-refractivity contribution in [2.24, 2.45) is 11.8 Å². The Hall–Kier alpha value is -0.770. The molecule has 1 fully saturated rings. The molecule has 4 nitrogen and oxygen atoms in total. The zero-order chi connectivity index (χ0) is 12.3. The lowest BCUT2D eigenvalue weighted by atomic mass is 9.95. The van der Waals surface area contributed by atoms with Crippen molar-refractivity contribution in [3.05, 3.63) is 0 Å². The first-order chi connectivity index (χ1) is 7.37. The van der Waals surface area contributed by atoms with Crippen LogP contribution in [0.1, 0.15) is 34.1 Å². The Morgan fingerprint density at radius 1 is 1.38 bits per heavy atom. The number of ether oxygens (including phenoxy) is 1. The normalized spacial score (nSPS) is 25.9. The van der Waals surface area contributed by atoms with Crippen molar-refractivity contribution in [3.8, 4) is 0 Å². The SMILES string of the molecule is CC[C@H]1CN(C(=O)OC(C)(C)C)C[C@@H]1CO. The maximum Gasteiger partial charge on any atom is 0.410 e. The third-order valence-corrected chi connectivity index (χ3v) is 2.99. The fourth-order valence-electron chi connectivity index (χ4n) is 2.08. The second-order valence-corrected chi connectivity index (χ2v) is 5.50. The summed E-state index contributed by atoms with van der Waals surface area (Å²) < 4.78 is 5.31. The van der Waals surface area contributed by atoms with Gasteiger partial charge in [0.1, 0.15) is 5.60 Å². The second-order valence-electron chi connectivity index (χ2n) is 5.50. The molecule has 2 atom stereocenters. The van der Waals surface area contributed by atoms with Crippen molar-refractivity contribution >= 4 is 6.09 Å². The number of likely N-dealkylation sites (tertiary alicyclic amines) is 1. The van der Waals surface area contributed by atoms with E-state index >= 15 is 0 Å². The highest BCUT2D eigenvalue weighted by atomic mass is 16.6. The zero-order valence-electron chi connectivity index (χ0n) is 10.7. The van der Waals surface area contributed by atoms with E-state index in [-0.39, 0.29) is 18.6 Å². The monoisotopic (exact) mass is 229 g/mol. The summed E-state index contributed by atoms with van der Waals surface area (Å²) in [6.07, 6.45) is 0.728. The fraction of sp³-hybridized carbons (Fsp3) is 0.917. The maximum atomic E-state index is 11.8. The van der Waals surface area contributed by atoms with E-state index in [2.05, 4.69) is 6.92 Å². The van der Waals surface area contributed by atoms with E-state index in [1.54, 1.807) is 4.90 Å². The van der Waals surface area contributed by atoms with Crippen LogP contribution in [0.25, 0.3) is 0 Å². The molecular formula is C12H23NO3. The number of carbonyl (C=O) groups is 1. The zero-order valence-corrected chi connectivity index (χ0v) is 10.7. The van der Waals surface area contributed by atoms with Crippen molar-refractivity contribution in [2.75, 3.05) is 19.7 Å². The summed E-state index contributed by atoms with van der Waals surface area (Å²) in [5.41, 5.74) is -0.448. The van der Waals surface area contributed by atoms with Gasteiger partial charge in [0.2, 0.25) is 0 Å². The molecule has 0 bridgehead atoms. The Kier molecular flexibility index (Phi) is 4.19. The Morgan fingerprint density at radius 2 is 1.94 bits per heavy atom. The molecule has 0 aromatic carbocycles. The van der Waals surface area contributed by atoms with E-state index in [4.69, 9.17) is 4.74 Å². The van der Waals surface area contributed by atoms with Gasteiger partial charge >= 0.3 is 6.09 Å². The fourth-order valence-corrected chi connectivity index (χ4v) is 2.08. The van der Waals surface area contributed by atoms with Gasteiger partial charge in [-0.2, -0.15) is 0 Å². The molecule has 1 rings (SSSR count). The molecule has 1 heterocycles. The number of aliphatic hydroxyl groups excluding tert-OH is 1. The molecule has 1 N–H and O–H groups in total. The number of hydrogen-bond donors (Lipinski definition) is 1. The number of amides is 1. The van der Waals surface area contributed by atoms with E-state index in [0.717, 1.165) is 6.42 Å². The average Bonchev–Trinajstić information content (AvgIpc) is 2.57. The lowest BCUT2D eigenvalue weighted by Gasteiger charge is -2.24. The number of carbonyl (C=O) groups excluding carboxylic acids is 1. The number of rotatable bonds is 2. The van der Waals surface area contributed by atoms with Gasteiger partial charge in [-0.25, -0.2) is 4.79 Å². The molecule has 0 saturated carbocycles. The molecule has 1 aliphatic heterocycles. The lowest BCUT2D eigenvalue weighted by molar-refractivity contribution is 0.0281. The summed E-state index contributed by atoms with van der Waals surface area (Å²) in [5.74, 6) is 0.607. The molecule has 0 aromatic heterocycles. The Morgan fingerprint density at radius 3 is 2.31 bits per heavy atom. The first kappa shape index (κ1) is 13.3. The first-order valence-electron chi connectivity index (χ1n) is 5.96. The van der Waals surface area contributed by atoms with Gasteiger partial charge in [0.25, 0.3) is 0 Å². The Bertz CT molecular complexity index is 235. The second kappa shape index (κ2) is 5.04. The van der Waals surface area contributed by atoms with Crippen LogP contribution >= 0.6 is 0 Å². The lowest BCUT2D eigenvalue weighted by Crippen LogP contribution is -2.35. The van der Waals surface area contributed by atoms with E-state index < -0.39 is 5.60 Å². The number of nitrogens with zero attached hydrogens (tertiary/aromatic N) is 1. The van der Waals surface area contributed by atoms with Gasteiger partial charge in [-0.1, -0.05) is 13.3 Å². The third-order valence-electron chi connectivity index (χ3n) is 2.99. The van der Waals surface area contributed by atoms with Gasteiger partial charge in [0.15, 0.2) is 0 Å². The summed E-state index contributed by atoms with van der Waals surface area (Å²) >= 11 is 0. The molecule has 1 saturated heterocycles. The standard InChI is InChI=1S/C12H23NO3/c1-5-9-6-13(7-10(9)8-14)11(15)16-12(2,3)4/h9-10,14H,5-8H2,1-4H3/t9-,10+/m0/s1. The van der Waals surface area contributed by atoms with Crippen LogP contribution in [0.3, 0.4) is 0 Å². The molecule has 4 heteroatoms. The van der Waals surface area contributed by atoms with Crippen LogP contribution in [0.4, 0.5) is 4.79 Å². The number of aliphatic hydroxyl groups is 1. The van der Waals surface area contributed by atoms with Crippen LogP contribution < -0.4 is 0 Å². The minimum absolute atomic E-state index is 0.151. The Balaban J connectivity index is 2.54.